The van der Waals surface area contributed by atoms with E-state index in [1.54, 1.807) is 12.1 Å². The number of benzene rings is 1. The van der Waals surface area contributed by atoms with Gasteiger partial charge >= 0.3 is 0 Å². The SMILES string of the molecule is Cc1[nH]nc2c1CCCc1c-2[nH]c2cc3c(cc12)C(=O)NS3(=O)=O. The number of sulfonamides is 1. The van der Waals surface area contributed by atoms with Gasteiger partial charge in [-0.2, -0.15) is 5.10 Å². The normalized spacial score (nSPS) is 18.0. The molecule has 7 nitrogen and oxygen atoms in total. The summed E-state index contributed by atoms with van der Waals surface area (Å²) in [6.45, 7) is 2.00. The Morgan fingerprint density at radius 2 is 1.96 bits per heavy atom. The molecule has 1 amide bonds. The summed E-state index contributed by atoms with van der Waals surface area (Å²) in [5, 5.41) is 8.34. The van der Waals surface area contributed by atoms with Crippen molar-refractivity contribution in [1.82, 2.24) is 19.9 Å². The van der Waals surface area contributed by atoms with E-state index in [0.717, 1.165) is 47.3 Å². The first-order chi connectivity index (χ1) is 11.5. The first kappa shape index (κ1) is 13.8. The standard InChI is InChI=1S/C16H14N4O3S/c1-7-8-3-2-4-9-10-5-11-13(24(22,23)20-16(11)21)6-12(10)17-14(9)15(8)19-18-7/h5-6,17H,2-4H2,1H3,(H,18,19)(H,20,21). The average Bonchev–Trinajstić information content (AvgIpc) is 3.08. The van der Waals surface area contributed by atoms with Crippen molar-refractivity contribution < 1.29 is 13.2 Å². The summed E-state index contributed by atoms with van der Waals surface area (Å²) in [5.41, 5.74) is 6.08. The number of amides is 1. The van der Waals surface area contributed by atoms with E-state index >= 15 is 0 Å². The zero-order chi connectivity index (χ0) is 16.6. The lowest BCUT2D eigenvalue weighted by molar-refractivity contribution is 0.0985. The summed E-state index contributed by atoms with van der Waals surface area (Å²) in [5.74, 6) is -0.563. The summed E-state index contributed by atoms with van der Waals surface area (Å²) in [7, 11) is -3.75. The van der Waals surface area contributed by atoms with Crippen molar-refractivity contribution in [3.8, 4) is 11.4 Å². The predicted molar refractivity (Wildman–Crippen MR) is 87.3 cm³/mol. The zero-order valence-electron chi connectivity index (χ0n) is 12.9. The third kappa shape index (κ3) is 1.63. The quantitative estimate of drug-likeness (QED) is 0.579. The highest BCUT2D eigenvalue weighted by atomic mass is 32.2. The van der Waals surface area contributed by atoms with E-state index < -0.39 is 15.9 Å². The van der Waals surface area contributed by atoms with Crippen molar-refractivity contribution in [3.63, 3.8) is 0 Å². The van der Waals surface area contributed by atoms with Crippen LogP contribution in [0.2, 0.25) is 0 Å². The van der Waals surface area contributed by atoms with E-state index in [2.05, 4.69) is 15.2 Å². The molecule has 3 heterocycles. The fraction of sp³-hybridized carbons (Fsp3) is 0.250. The Kier molecular flexibility index (Phi) is 2.45. The minimum Gasteiger partial charge on any atom is -0.353 e. The maximum absolute atomic E-state index is 12.0. The molecular weight excluding hydrogens is 328 g/mol. The van der Waals surface area contributed by atoms with Gasteiger partial charge in [0.05, 0.1) is 11.3 Å². The summed E-state index contributed by atoms with van der Waals surface area (Å²) in [6.07, 6.45) is 2.79. The Balaban J connectivity index is 1.86. The van der Waals surface area contributed by atoms with E-state index in [9.17, 15) is 13.2 Å². The second-order valence-electron chi connectivity index (χ2n) is 6.34. The third-order valence-corrected chi connectivity index (χ3v) is 6.30. The Morgan fingerprint density at radius 3 is 2.79 bits per heavy atom. The highest BCUT2D eigenvalue weighted by Crippen LogP contribution is 2.38. The van der Waals surface area contributed by atoms with Crippen molar-refractivity contribution in [1.29, 1.82) is 0 Å². The Labute approximate surface area is 137 Å². The minimum atomic E-state index is -3.75. The predicted octanol–water partition coefficient (Wildman–Crippen LogP) is 1.79. The van der Waals surface area contributed by atoms with Crippen LogP contribution in [0.25, 0.3) is 22.3 Å². The lowest BCUT2D eigenvalue weighted by atomic mass is 10.0. The van der Waals surface area contributed by atoms with Crippen molar-refractivity contribution in [3.05, 3.63) is 34.5 Å². The number of hydrogen-bond acceptors (Lipinski definition) is 4. The van der Waals surface area contributed by atoms with Crippen LogP contribution in [0.4, 0.5) is 0 Å². The molecule has 0 spiro atoms. The van der Waals surface area contributed by atoms with Gasteiger partial charge in [-0.25, -0.2) is 13.1 Å². The molecule has 0 bridgehead atoms. The van der Waals surface area contributed by atoms with Gasteiger partial charge in [0.1, 0.15) is 10.6 Å². The van der Waals surface area contributed by atoms with Gasteiger partial charge in [0, 0.05) is 22.2 Å². The third-order valence-electron chi connectivity index (χ3n) is 4.93. The van der Waals surface area contributed by atoms with Crippen molar-refractivity contribution in [2.75, 3.05) is 0 Å². The lowest BCUT2D eigenvalue weighted by Crippen LogP contribution is -2.20. The fourth-order valence-corrected chi connectivity index (χ4v) is 4.96. The number of nitrogens with one attached hydrogen (secondary N) is 3. The molecule has 5 rings (SSSR count). The maximum atomic E-state index is 12.0. The molecule has 0 atom stereocenters. The van der Waals surface area contributed by atoms with Crippen LogP contribution in [-0.2, 0) is 22.9 Å². The monoisotopic (exact) mass is 342 g/mol. The fourth-order valence-electron chi connectivity index (χ4n) is 3.78. The Hall–Kier alpha value is -2.61. The largest absolute Gasteiger partial charge is 0.353 e. The topological polar surface area (TPSA) is 108 Å². The van der Waals surface area contributed by atoms with Crippen LogP contribution in [0.5, 0.6) is 0 Å². The highest BCUT2D eigenvalue weighted by molar-refractivity contribution is 7.90. The second-order valence-corrected chi connectivity index (χ2v) is 7.99. The molecule has 0 fully saturated rings. The van der Waals surface area contributed by atoms with Gasteiger partial charge in [0.15, 0.2) is 0 Å². The molecule has 122 valence electrons. The van der Waals surface area contributed by atoms with Gasteiger partial charge in [-0.15, -0.1) is 0 Å². The summed E-state index contributed by atoms with van der Waals surface area (Å²) in [4.78, 5) is 15.3. The molecule has 1 aliphatic heterocycles. The van der Waals surface area contributed by atoms with Crippen LogP contribution in [-0.4, -0.2) is 29.5 Å². The number of rotatable bonds is 0. The highest BCUT2D eigenvalue weighted by Gasteiger charge is 2.34. The van der Waals surface area contributed by atoms with Crippen molar-refractivity contribution >= 4 is 26.8 Å². The maximum Gasteiger partial charge on any atom is 0.266 e. The molecule has 2 aliphatic rings. The smallest absolute Gasteiger partial charge is 0.266 e. The van der Waals surface area contributed by atoms with Crippen LogP contribution in [0.3, 0.4) is 0 Å². The number of nitrogens with zero attached hydrogens (tertiary/aromatic N) is 1. The Morgan fingerprint density at radius 1 is 1.17 bits per heavy atom. The van der Waals surface area contributed by atoms with Gasteiger partial charge in [-0.05, 0) is 43.9 Å². The van der Waals surface area contributed by atoms with E-state index in [4.69, 9.17) is 0 Å². The summed E-state index contributed by atoms with van der Waals surface area (Å²) >= 11 is 0. The molecule has 3 aromatic rings. The van der Waals surface area contributed by atoms with Gasteiger partial charge in [-0.3, -0.25) is 9.89 Å². The number of carbonyl (C=O) groups is 1. The molecule has 0 saturated carbocycles. The second kappa shape index (κ2) is 4.27. The number of fused-ring (bicyclic) bond motifs is 6. The first-order valence-electron chi connectivity index (χ1n) is 7.75. The van der Waals surface area contributed by atoms with Crippen LogP contribution < -0.4 is 4.72 Å². The van der Waals surface area contributed by atoms with Crippen LogP contribution in [0, 0.1) is 6.92 Å². The molecule has 8 heteroatoms. The van der Waals surface area contributed by atoms with Crippen molar-refractivity contribution in [2.24, 2.45) is 0 Å². The molecule has 0 radical (unpaired) electrons. The van der Waals surface area contributed by atoms with Gasteiger partial charge < -0.3 is 4.98 Å². The minimum absolute atomic E-state index is 0.0369. The van der Waals surface area contributed by atoms with Crippen LogP contribution in [0.1, 0.15) is 33.6 Å². The number of H-pyrrole nitrogens is 2. The molecule has 1 aliphatic carbocycles. The number of hydrogen-bond donors (Lipinski definition) is 3. The Bertz CT molecular complexity index is 1150. The molecular formula is C16H14N4O3S. The van der Waals surface area contributed by atoms with E-state index in [-0.39, 0.29) is 10.5 Å². The molecule has 0 saturated heterocycles. The van der Waals surface area contributed by atoms with E-state index in [1.807, 2.05) is 11.6 Å². The van der Waals surface area contributed by atoms with E-state index in [0.29, 0.717) is 5.52 Å². The summed E-state index contributed by atoms with van der Waals surface area (Å²) < 4.78 is 26.1. The van der Waals surface area contributed by atoms with Gasteiger partial charge in [0.25, 0.3) is 15.9 Å². The van der Waals surface area contributed by atoms with Gasteiger partial charge in [0.2, 0.25) is 0 Å². The molecule has 2 aromatic heterocycles. The molecule has 3 N–H and O–H groups in total. The van der Waals surface area contributed by atoms with E-state index in [1.165, 1.54) is 5.56 Å². The van der Waals surface area contributed by atoms with Crippen LogP contribution >= 0.6 is 0 Å². The van der Waals surface area contributed by atoms with Crippen molar-refractivity contribution in [2.45, 2.75) is 31.1 Å². The lowest BCUT2D eigenvalue weighted by Gasteiger charge is -2.00. The molecule has 1 aromatic carbocycles. The number of aryl methyl sites for hydroxylation is 2. The molecule has 24 heavy (non-hydrogen) atoms. The number of aromatic nitrogens is 3. The average molecular weight is 342 g/mol. The molecule has 0 unspecified atom stereocenters. The zero-order valence-corrected chi connectivity index (χ0v) is 13.7. The summed E-state index contributed by atoms with van der Waals surface area (Å²) in [6, 6.07) is 3.23. The van der Waals surface area contributed by atoms with Crippen LogP contribution in [0.15, 0.2) is 17.0 Å². The number of aromatic amines is 2. The first-order valence-corrected chi connectivity index (χ1v) is 9.24. The number of carbonyl (C=O) groups excluding carboxylic acids is 1. The van der Waals surface area contributed by atoms with Gasteiger partial charge in [-0.1, -0.05) is 0 Å².